The molecule has 5 nitrogen and oxygen atoms in total. The van der Waals surface area contributed by atoms with Gasteiger partial charge < -0.3 is 5.32 Å². The van der Waals surface area contributed by atoms with Crippen molar-refractivity contribution in [2.24, 2.45) is 5.92 Å². The summed E-state index contributed by atoms with van der Waals surface area (Å²) in [5.41, 5.74) is 0.983. The first-order valence-electron chi connectivity index (χ1n) is 7.56. The molecule has 21 heavy (non-hydrogen) atoms. The van der Waals surface area contributed by atoms with Crippen LogP contribution in [0.4, 0.5) is 0 Å². The minimum atomic E-state index is -3.46. The van der Waals surface area contributed by atoms with Gasteiger partial charge in [-0.3, -0.25) is 0 Å². The van der Waals surface area contributed by atoms with Crippen LogP contribution in [0, 0.1) is 5.92 Å². The van der Waals surface area contributed by atoms with Gasteiger partial charge in [0.05, 0.1) is 0 Å². The number of nitrogens with zero attached hydrogens (tertiary/aromatic N) is 2. The molecule has 1 heterocycles. The summed E-state index contributed by atoms with van der Waals surface area (Å²) in [4.78, 5) is 4.16. The third kappa shape index (κ3) is 4.25. The van der Waals surface area contributed by atoms with Crippen molar-refractivity contribution in [1.82, 2.24) is 14.6 Å². The summed E-state index contributed by atoms with van der Waals surface area (Å²) in [7, 11) is -1.61. The van der Waals surface area contributed by atoms with E-state index in [1.165, 1.54) is 0 Å². The minimum Gasteiger partial charge on any atom is -0.316 e. The van der Waals surface area contributed by atoms with E-state index < -0.39 is 10.0 Å². The summed E-state index contributed by atoms with van der Waals surface area (Å²) >= 11 is 0. The van der Waals surface area contributed by atoms with Crippen LogP contribution in [0.2, 0.25) is 0 Å². The van der Waals surface area contributed by atoms with Gasteiger partial charge in [-0.15, -0.1) is 0 Å². The van der Waals surface area contributed by atoms with Crippen LogP contribution >= 0.6 is 0 Å². The normalized spacial score (nSPS) is 15.9. The monoisotopic (exact) mass is 311 g/mol. The zero-order valence-electron chi connectivity index (χ0n) is 13.0. The number of pyridine rings is 1. The average Bonchev–Trinajstić information content (AvgIpc) is 3.24. The van der Waals surface area contributed by atoms with E-state index in [0.717, 1.165) is 24.8 Å². The first-order chi connectivity index (χ1) is 9.95. The molecule has 118 valence electrons. The van der Waals surface area contributed by atoms with Crippen LogP contribution in [0.1, 0.15) is 38.7 Å². The Hall–Kier alpha value is -0.980. The van der Waals surface area contributed by atoms with Gasteiger partial charge in [0, 0.05) is 25.3 Å². The molecular weight excluding hydrogens is 286 g/mol. The molecule has 1 saturated carbocycles. The lowest BCUT2D eigenvalue weighted by Crippen LogP contribution is -2.35. The highest BCUT2D eigenvalue weighted by Crippen LogP contribution is 2.32. The summed E-state index contributed by atoms with van der Waals surface area (Å²) in [6.07, 6.45) is 4.45. The number of rotatable bonds is 8. The van der Waals surface area contributed by atoms with Crippen LogP contribution in [0.3, 0.4) is 0 Å². The Balaban J connectivity index is 2.17. The Bertz CT molecular complexity index is 551. The Morgan fingerprint density at radius 2 is 2.10 bits per heavy atom. The first-order valence-corrected chi connectivity index (χ1v) is 9.00. The predicted octanol–water partition coefficient (Wildman–Crippen LogP) is 2.00. The molecule has 1 fully saturated rings. The lowest BCUT2D eigenvalue weighted by atomic mass is 10.1. The maximum absolute atomic E-state index is 12.7. The molecule has 0 amide bonds. The lowest BCUT2D eigenvalue weighted by Gasteiger charge is -2.22. The predicted molar refractivity (Wildman–Crippen MR) is 83.4 cm³/mol. The van der Waals surface area contributed by atoms with Gasteiger partial charge in [0.25, 0.3) is 10.0 Å². The smallest absolute Gasteiger partial charge is 0.260 e. The Labute approximate surface area is 127 Å². The third-order valence-corrected chi connectivity index (χ3v) is 5.50. The summed E-state index contributed by atoms with van der Waals surface area (Å²) in [5, 5.41) is 3.19. The fraction of sp³-hybridized carbons (Fsp3) is 0.667. The summed E-state index contributed by atoms with van der Waals surface area (Å²) in [6, 6.07) is 3.61. The van der Waals surface area contributed by atoms with Crippen LogP contribution in [0.5, 0.6) is 0 Å². The molecule has 0 unspecified atom stereocenters. The Morgan fingerprint density at radius 1 is 1.38 bits per heavy atom. The highest BCUT2D eigenvalue weighted by atomic mass is 32.2. The van der Waals surface area contributed by atoms with Gasteiger partial charge in [0.2, 0.25) is 0 Å². The van der Waals surface area contributed by atoms with Crippen molar-refractivity contribution in [3.8, 4) is 0 Å². The number of nitrogens with one attached hydrogen (secondary N) is 1. The van der Waals surface area contributed by atoms with E-state index in [9.17, 15) is 8.42 Å². The standard InChI is InChI=1S/C15H25N3O2S/c1-12(2)8-9-18(14-5-6-14)21(19,20)15-7-4-13(10-16-3)11-17-15/h4,7,11-12,14,16H,5-6,8-10H2,1-3H3. The SMILES string of the molecule is CNCc1ccc(S(=O)(=O)N(CCC(C)C)C2CC2)nc1. The maximum Gasteiger partial charge on any atom is 0.260 e. The molecule has 2 rings (SSSR count). The molecule has 1 aliphatic rings. The zero-order valence-corrected chi connectivity index (χ0v) is 13.9. The number of aromatic nitrogens is 1. The second-order valence-corrected chi connectivity index (χ2v) is 7.90. The van der Waals surface area contributed by atoms with E-state index in [1.807, 2.05) is 13.1 Å². The van der Waals surface area contributed by atoms with E-state index in [2.05, 4.69) is 24.1 Å². The highest BCUT2D eigenvalue weighted by Gasteiger charge is 2.38. The van der Waals surface area contributed by atoms with Crippen molar-refractivity contribution in [3.05, 3.63) is 23.9 Å². The molecule has 1 aromatic heterocycles. The van der Waals surface area contributed by atoms with Gasteiger partial charge in [0.1, 0.15) is 0 Å². The lowest BCUT2D eigenvalue weighted by molar-refractivity contribution is 0.372. The molecule has 0 bridgehead atoms. The average molecular weight is 311 g/mol. The quantitative estimate of drug-likeness (QED) is 0.797. The molecule has 0 aliphatic heterocycles. The molecular formula is C15H25N3O2S. The van der Waals surface area contributed by atoms with Gasteiger partial charge in [0.15, 0.2) is 5.03 Å². The van der Waals surface area contributed by atoms with Crippen LogP contribution in [-0.4, -0.2) is 37.3 Å². The van der Waals surface area contributed by atoms with Crippen molar-refractivity contribution >= 4 is 10.0 Å². The van der Waals surface area contributed by atoms with Crippen molar-refractivity contribution in [2.45, 2.75) is 50.7 Å². The van der Waals surface area contributed by atoms with E-state index in [-0.39, 0.29) is 11.1 Å². The van der Waals surface area contributed by atoms with Crippen LogP contribution in [0.25, 0.3) is 0 Å². The van der Waals surface area contributed by atoms with E-state index in [0.29, 0.717) is 19.0 Å². The fourth-order valence-electron chi connectivity index (χ4n) is 2.24. The van der Waals surface area contributed by atoms with E-state index >= 15 is 0 Å². The van der Waals surface area contributed by atoms with Gasteiger partial charge in [-0.1, -0.05) is 19.9 Å². The summed E-state index contributed by atoms with van der Waals surface area (Å²) in [5.74, 6) is 0.493. The molecule has 0 aromatic carbocycles. The maximum atomic E-state index is 12.7. The van der Waals surface area contributed by atoms with Crippen molar-refractivity contribution in [1.29, 1.82) is 0 Å². The number of hydrogen-bond donors (Lipinski definition) is 1. The second-order valence-electron chi connectivity index (χ2n) is 6.06. The fourth-order valence-corrected chi connectivity index (χ4v) is 3.85. The molecule has 0 saturated heterocycles. The van der Waals surface area contributed by atoms with Gasteiger partial charge in [-0.05, 0) is 43.9 Å². The van der Waals surface area contributed by atoms with Gasteiger partial charge >= 0.3 is 0 Å². The molecule has 0 radical (unpaired) electrons. The molecule has 1 aromatic rings. The number of sulfonamides is 1. The third-order valence-electron chi connectivity index (χ3n) is 3.63. The molecule has 0 atom stereocenters. The van der Waals surface area contributed by atoms with Crippen molar-refractivity contribution in [3.63, 3.8) is 0 Å². The Kier molecular flexibility index (Phi) is 5.35. The molecule has 0 spiro atoms. The van der Waals surface area contributed by atoms with Crippen molar-refractivity contribution < 1.29 is 8.42 Å². The summed E-state index contributed by atoms with van der Waals surface area (Å²) < 4.78 is 27.1. The highest BCUT2D eigenvalue weighted by molar-refractivity contribution is 7.89. The van der Waals surface area contributed by atoms with Gasteiger partial charge in [-0.2, -0.15) is 4.31 Å². The minimum absolute atomic E-state index is 0.165. The molecule has 1 N–H and O–H groups in total. The van der Waals surface area contributed by atoms with Crippen LogP contribution < -0.4 is 5.32 Å². The molecule has 1 aliphatic carbocycles. The van der Waals surface area contributed by atoms with Crippen LogP contribution in [-0.2, 0) is 16.6 Å². The molecule has 6 heteroatoms. The zero-order chi connectivity index (χ0) is 15.5. The Morgan fingerprint density at radius 3 is 2.57 bits per heavy atom. The first kappa shape index (κ1) is 16.4. The van der Waals surface area contributed by atoms with E-state index in [4.69, 9.17) is 0 Å². The largest absolute Gasteiger partial charge is 0.316 e. The van der Waals surface area contributed by atoms with Crippen molar-refractivity contribution in [2.75, 3.05) is 13.6 Å². The summed E-state index contributed by atoms with van der Waals surface area (Å²) in [6.45, 7) is 5.50. The second kappa shape index (κ2) is 6.85. The van der Waals surface area contributed by atoms with Gasteiger partial charge in [-0.25, -0.2) is 13.4 Å². The topological polar surface area (TPSA) is 62.3 Å². The van der Waals surface area contributed by atoms with Crippen LogP contribution in [0.15, 0.2) is 23.4 Å². The number of hydrogen-bond acceptors (Lipinski definition) is 4. The van der Waals surface area contributed by atoms with E-state index in [1.54, 1.807) is 16.6 Å².